The summed E-state index contributed by atoms with van der Waals surface area (Å²) in [7, 11) is 0. The Balaban J connectivity index is 0.000000810. The molecule has 0 saturated heterocycles. The molecule has 0 radical (unpaired) electrons. The second kappa shape index (κ2) is 4.61. The molecule has 0 aromatic heterocycles. The zero-order chi connectivity index (χ0) is 6.91. The van der Waals surface area contributed by atoms with E-state index in [1.54, 1.807) is 0 Å². The van der Waals surface area contributed by atoms with E-state index < -0.39 is 0 Å². The molecule has 1 rings (SSSR count). The Morgan fingerprint density at radius 3 is 2.10 bits per heavy atom. The third kappa shape index (κ3) is 3.36. The van der Waals surface area contributed by atoms with Gasteiger partial charge >= 0.3 is 51.4 Å². The van der Waals surface area contributed by atoms with E-state index >= 15 is 0 Å². The van der Waals surface area contributed by atoms with Gasteiger partial charge in [-0.05, 0) is 0 Å². The predicted octanol–water partition coefficient (Wildman–Crippen LogP) is 0.0409. The van der Waals surface area contributed by atoms with Crippen LogP contribution >= 0.6 is 0 Å². The maximum atomic E-state index is 2.49. The van der Waals surface area contributed by atoms with Crippen LogP contribution in [0.25, 0.3) is 0 Å². The van der Waals surface area contributed by atoms with Crippen LogP contribution in [0.1, 0.15) is 40.0 Å². The van der Waals surface area contributed by atoms with Crippen LogP contribution in [0.2, 0.25) is 0 Å². The Morgan fingerprint density at radius 2 is 1.90 bits per heavy atom. The van der Waals surface area contributed by atoms with Crippen LogP contribution in [0.5, 0.6) is 0 Å². The minimum atomic E-state index is 0. The van der Waals surface area contributed by atoms with Crippen molar-refractivity contribution in [3.63, 3.8) is 0 Å². The van der Waals surface area contributed by atoms with Gasteiger partial charge in [-0.1, -0.05) is 39.0 Å². The Bertz CT molecular complexity index is 85.4. The Hall–Kier alpha value is 1.64. The topological polar surface area (TPSA) is 0 Å². The predicted molar refractivity (Wildman–Crippen MR) is 41.1 cm³/mol. The average Bonchev–Trinajstić information content (AvgIpc) is 2.08. The molecule has 0 heterocycles. The van der Waals surface area contributed by atoms with Crippen LogP contribution in [0.4, 0.5) is 0 Å². The van der Waals surface area contributed by atoms with Crippen molar-refractivity contribution in [2.45, 2.75) is 40.0 Å². The third-order valence-corrected chi connectivity index (χ3v) is 2.28. The summed E-state index contributed by atoms with van der Waals surface area (Å²) in [6.45, 7) is 7.00. The smallest absolute Gasteiger partial charge is 0.325 e. The molecule has 0 nitrogen and oxygen atoms in total. The largest absolute Gasteiger partial charge is 1.00 e. The summed E-state index contributed by atoms with van der Waals surface area (Å²) >= 11 is 0. The van der Waals surface area contributed by atoms with Gasteiger partial charge in [0.15, 0.2) is 0 Å². The Morgan fingerprint density at radius 1 is 1.30 bits per heavy atom. The molecule has 0 aromatic carbocycles. The second-order valence-corrected chi connectivity index (χ2v) is 4.14. The average molecular weight is 164 g/mol. The molecule has 1 saturated carbocycles. The van der Waals surface area contributed by atoms with E-state index in [4.69, 9.17) is 0 Å². The number of hydrogen-bond donors (Lipinski definition) is 0. The normalized spacial score (nSPS) is 26.1. The quantitative estimate of drug-likeness (QED) is 0.350. The van der Waals surface area contributed by atoms with Gasteiger partial charge in [-0.3, -0.25) is 0 Å². The molecule has 1 atom stereocenters. The van der Waals surface area contributed by atoms with Gasteiger partial charge in [-0.15, -0.1) is 0 Å². The molecule has 0 N–H and O–H groups in total. The van der Waals surface area contributed by atoms with Gasteiger partial charge in [0.1, 0.15) is 0 Å². The third-order valence-electron chi connectivity index (χ3n) is 2.28. The molecule has 0 aliphatic heterocycles. The van der Waals surface area contributed by atoms with Crippen LogP contribution in [0, 0.1) is 17.8 Å². The fraction of sp³-hybridized carbons (Fsp3) is 0.889. The second-order valence-electron chi connectivity index (χ2n) is 4.14. The first-order valence-electron chi connectivity index (χ1n) is 3.94. The fourth-order valence-corrected chi connectivity index (χ4v) is 1.56. The van der Waals surface area contributed by atoms with Gasteiger partial charge in [0.2, 0.25) is 0 Å². The van der Waals surface area contributed by atoms with Crippen molar-refractivity contribution in [2.75, 3.05) is 0 Å². The van der Waals surface area contributed by atoms with Crippen LogP contribution in [-0.4, -0.2) is 0 Å². The van der Waals surface area contributed by atoms with Gasteiger partial charge in [0.05, 0.1) is 0 Å². The van der Waals surface area contributed by atoms with E-state index in [0.29, 0.717) is 5.41 Å². The summed E-state index contributed by atoms with van der Waals surface area (Å²) in [6, 6.07) is 0. The zero-order valence-corrected chi connectivity index (χ0v) is 10.9. The van der Waals surface area contributed by atoms with E-state index in [1.807, 2.05) is 0 Å². The molecule has 0 bridgehead atoms. The van der Waals surface area contributed by atoms with Crippen molar-refractivity contribution in [1.82, 2.24) is 0 Å². The van der Waals surface area contributed by atoms with Crippen molar-refractivity contribution in [1.29, 1.82) is 0 Å². The van der Waals surface area contributed by atoms with E-state index in [9.17, 15) is 0 Å². The zero-order valence-electron chi connectivity index (χ0n) is 7.78. The molecule has 10 heavy (non-hydrogen) atoms. The van der Waals surface area contributed by atoms with Gasteiger partial charge in [0, 0.05) is 0 Å². The molecule has 1 unspecified atom stereocenters. The monoisotopic (exact) mass is 164 g/mol. The van der Waals surface area contributed by atoms with Crippen molar-refractivity contribution < 1.29 is 51.4 Å². The van der Waals surface area contributed by atoms with Crippen LogP contribution in [-0.2, 0) is 0 Å². The summed E-state index contributed by atoms with van der Waals surface area (Å²) in [6.07, 6.45) is 6.67. The van der Waals surface area contributed by atoms with Crippen molar-refractivity contribution in [2.24, 2.45) is 11.3 Å². The van der Waals surface area contributed by atoms with E-state index in [0.717, 1.165) is 5.92 Å². The summed E-state index contributed by atoms with van der Waals surface area (Å²) < 4.78 is 0. The minimum Gasteiger partial charge on any atom is -0.325 e. The molecule has 1 aliphatic rings. The molecule has 1 heteroatoms. The van der Waals surface area contributed by atoms with Crippen LogP contribution in [0.3, 0.4) is 0 Å². The summed E-state index contributed by atoms with van der Waals surface area (Å²) in [4.78, 5) is 0. The standard InChI is InChI=1S/C9H17.K/c1-9(2,3)8-6-4-5-7-8;/h6,8H,4-5,7H2,1-3H3;/q-1;+1. The summed E-state index contributed by atoms with van der Waals surface area (Å²) in [5.74, 6) is 0.887. The molecule has 0 aromatic rings. The summed E-state index contributed by atoms with van der Waals surface area (Å²) in [5, 5.41) is 0. The SMILES string of the molecule is CC(C)(C)C1[CH-]CCC1.[K+]. The number of hydrogen-bond acceptors (Lipinski definition) is 0. The van der Waals surface area contributed by atoms with Crippen molar-refractivity contribution in [3.8, 4) is 0 Å². The Labute approximate surface area is 108 Å². The fourth-order valence-electron chi connectivity index (χ4n) is 1.56. The minimum absolute atomic E-state index is 0. The van der Waals surface area contributed by atoms with Crippen LogP contribution in [0.15, 0.2) is 0 Å². The first-order chi connectivity index (χ1) is 4.11. The number of rotatable bonds is 0. The van der Waals surface area contributed by atoms with Gasteiger partial charge in [-0.2, -0.15) is 12.3 Å². The van der Waals surface area contributed by atoms with Crippen LogP contribution < -0.4 is 51.4 Å². The Kier molecular flexibility index (Phi) is 5.37. The molecular formula is C9H17K. The van der Waals surface area contributed by atoms with E-state index in [-0.39, 0.29) is 51.4 Å². The summed E-state index contributed by atoms with van der Waals surface area (Å²) in [5.41, 5.74) is 0.524. The molecule has 54 valence electrons. The van der Waals surface area contributed by atoms with Gasteiger partial charge in [-0.25, -0.2) is 0 Å². The molecule has 1 fully saturated rings. The first-order valence-corrected chi connectivity index (χ1v) is 3.94. The first kappa shape index (κ1) is 11.6. The van der Waals surface area contributed by atoms with Gasteiger partial charge in [0.25, 0.3) is 0 Å². The molecule has 0 spiro atoms. The van der Waals surface area contributed by atoms with Crippen molar-refractivity contribution >= 4 is 0 Å². The van der Waals surface area contributed by atoms with Gasteiger partial charge < -0.3 is 6.42 Å². The van der Waals surface area contributed by atoms with E-state index in [1.165, 1.54) is 19.3 Å². The van der Waals surface area contributed by atoms with E-state index in [2.05, 4.69) is 27.2 Å². The molecular weight excluding hydrogens is 147 g/mol. The molecule has 0 amide bonds. The van der Waals surface area contributed by atoms with Crippen molar-refractivity contribution in [3.05, 3.63) is 6.42 Å². The maximum absolute atomic E-state index is 2.49. The molecule has 1 aliphatic carbocycles. The maximum Gasteiger partial charge on any atom is 1.00 e.